The number of nitrogens with zero attached hydrogens (tertiary/aromatic N) is 1. The Morgan fingerprint density at radius 1 is 0.958 bits per heavy atom. The van der Waals surface area contributed by atoms with Crippen molar-refractivity contribution in [2.24, 2.45) is 0 Å². The molecule has 1 heterocycles. The van der Waals surface area contributed by atoms with Crippen molar-refractivity contribution in [2.75, 3.05) is 6.54 Å². The predicted molar refractivity (Wildman–Crippen MR) is 91.4 cm³/mol. The fourth-order valence-corrected chi connectivity index (χ4v) is 5.57. The third kappa shape index (κ3) is 3.49. The minimum Gasteiger partial charge on any atom is -0.480 e. The number of aliphatic carboxylic acids is 1. The van der Waals surface area contributed by atoms with Crippen LogP contribution in [0.3, 0.4) is 0 Å². The minimum absolute atomic E-state index is 0.204. The molecule has 5 nitrogen and oxygen atoms in total. The Hall–Kier alpha value is -1.40. The zero-order chi connectivity index (χ0) is 17.2. The van der Waals surface area contributed by atoms with E-state index in [0.717, 1.165) is 10.7 Å². The molecule has 6 heteroatoms. The Morgan fingerprint density at radius 3 is 2.21 bits per heavy atom. The van der Waals surface area contributed by atoms with Gasteiger partial charge in [-0.3, -0.25) is 4.79 Å². The summed E-state index contributed by atoms with van der Waals surface area (Å²) < 4.78 is 26.9. The maximum atomic E-state index is 12.9. The fourth-order valence-electron chi connectivity index (χ4n) is 3.92. The lowest BCUT2D eigenvalue weighted by Crippen LogP contribution is -2.47. The van der Waals surface area contributed by atoms with Crippen LogP contribution in [0.15, 0.2) is 29.2 Å². The molecule has 1 aromatic carbocycles. The summed E-state index contributed by atoms with van der Waals surface area (Å²) in [5, 5.41) is 9.33. The topological polar surface area (TPSA) is 74.7 Å². The van der Waals surface area contributed by atoms with Crippen molar-refractivity contribution in [3.63, 3.8) is 0 Å². The molecule has 3 rings (SSSR count). The molecule has 2 fully saturated rings. The highest BCUT2D eigenvalue weighted by molar-refractivity contribution is 7.89. The van der Waals surface area contributed by atoms with Crippen molar-refractivity contribution in [1.29, 1.82) is 0 Å². The van der Waals surface area contributed by atoms with Gasteiger partial charge in [-0.2, -0.15) is 4.31 Å². The zero-order valence-corrected chi connectivity index (χ0v) is 14.7. The van der Waals surface area contributed by atoms with Gasteiger partial charge in [0.05, 0.1) is 4.90 Å². The molecule has 1 unspecified atom stereocenters. The van der Waals surface area contributed by atoms with Crippen molar-refractivity contribution in [3.8, 4) is 0 Å². The second-order valence-electron chi connectivity index (χ2n) is 6.87. The molecule has 2 aliphatic rings. The van der Waals surface area contributed by atoms with Gasteiger partial charge in [0.1, 0.15) is 6.04 Å². The van der Waals surface area contributed by atoms with Crippen LogP contribution in [0, 0.1) is 0 Å². The van der Waals surface area contributed by atoms with E-state index in [-0.39, 0.29) is 11.4 Å². The molecule has 1 aromatic rings. The van der Waals surface area contributed by atoms with Gasteiger partial charge in [-0.1, -0.05) is 31.4 Å². The van der Waals surface area contributed by atoms with Crippen LogP contribution in [0.4, 0.5) is 0 Å². The molecule has 132 valence electrons. The smallest absolute Gasteiger partial charge is 0.322 e. The van der Waals surface area contributed by atoms with Gasteiger partial charge in [-0.15, -0.1) is 0 Å². The molecule has 1 atom stereocenters. The van der Waals surface area contributed by atoms with E-state index in [4.69, 9.17) is 0 Å². The number of benzene rings is 1. The molecule has 0 aromatic heterocycles. The normalized spacial score (nSPS) is 23.9. The maximum absolute atomic E-state index is 12.9. The highest BCUT2D eigenvalue weighted by atomic mass is 32.2. The van der Waals surface area contributed by atoms with E-state index in [0.29, 0.717) is 18.8 Å². The first-order valence-corrected chi connectivity index (χ1v) is 10.3. The SMILES string of the molecule is O=C(O)C1CCCCN1S(=O)(=O)c1ccc(C2CCCCC2)cc1. The summed E-state index contributed by atoms with van der Waals surface area (Å²) in [6.07, 6.45) is 7.94. The van der Waals surface area contributed by atoms with Crippen LogP contribution >= 0.6 is 0 Å². The summed E-state index contributed by atoms with van der Waals surface area (Å²) in [5.41, 5.74) is 1.20. The van der Waals surface area contributed by atoms with Crippen LogP contribution in [0.2, 0.25) is 0 Å². The third-order valence-corrected chi connectivity index (χ3v) is 7.22. The molecule has 1 N–H and O–H groups in total. The van der Waals surface area contributed by atoms with Crippen molar-refractivity contribution in [2.45, 2.75) is 68.2 Å². The first kappa shape index (κ1) is 17.4. The average Bonchev–Trinajstić information content (AvgIpc) is 2.62. The zero-order valence-electron chi connectivity index (χ0n) is 13.9. The molecule has 0 bridgehead atoms. The summed E-state index contributed by atoms with van der Waals surface area (Å²) in [5.74, 6) is -0.533. The van der Waals surface area contributed by atoms with Crippen molar-refractivity contribution < 1.29 is 18.3 Å². The second kappa shape index (κ2) is 7.23. The molecule has 1 aliphatic carbocycles. The summed E-state index contributed by atoms with van der Waals surface area (Å²) in [7, 11) is -3.75. The van der Waals surface area contributed by atoms with Gasteiger partial charge in [0, 0.05) is 6.54 Å². The monoisotopic (exact) mass is 351 g/mol. The van der Waals surface area contributed by atoms with Crippen LogP contribution < -0.4 is 0 Å². The van der Waals surface area contributed by atoms with Crippen molar-refractivity contribution >= 4 is 16.0 Å². The van der Waals surface area contributed by atoms with Gasteiger partial charge in [-0.25, -0.2) is 8.42 Å². The van der Waals surface area contributed by atoms with E-state index < -0.39 is 22.0 Å². The molecule has 0 radical (unpaired) electrons. The fraction of sp³-hybridized carbons (Fsp3) is 0.611. The molecule has 1 saturated carbocycles. The Labute approximate surface area is 143 Å². The Balaban J connectivity index is 1.82. The summed E-state index contributed by atoms with van der Waals surface area (Å²) in [6.45, 7) is 0.281. The van der Waals surface area contributed by atoms with Crippen LogP contribution in [0.25, 0.3) is 0 Å². The predicted octanol–water partition coefficient (Wildman–Crippen LogP) is 3.36. The van der Waals surface area contributed by atoms with Crippen LogP contribution in [-0.4, -0.2) is 36.4 Å². The molecule has 0 spiro atoms. The molecule has 0 amide bonds. The molecule has 24 heavy (non-hydrogen) atoms. The summed E-state index contributed by atoms with van der Waals surface area (Å²) >= 11 is 0. The second-order valence-corrected chi connectivity index (χ2v) is 8.76. The van der Waals surface area contributed by atoms with Crippen LogP contribution in [0.1, 0.15) is 62.8 Å². The van der Waals surface area contributed by atoms with Gasteiger partial charge < -0.3 is 5.11 Å². The Kier molecular flexibility index (Phi) is 5.25. The van der Waals surface area contributed by atoms with Gasteiger partial charge >= 0.3 is 5.97 Å². The van der Waals surface area contributed by atoms with Gasteiger partial charge in [-0.05, 0) is 55.7 Å². The van der Waals surface area contributed by atoms with E-state index >= 15 is 0 Å². The maximum Gasteiger partial charge on any atom is 0.322 e. The molecule has 1 saturated heterocycles. The molecule has 1 aliphatic heterocycles. The summed E-state index contributed by atoms with van der Waals surface area (Å²) in [4.78, 5) is 11.6. The van der Waals surface area contributed by atoms with Gasteiger partial charge in [0.15, 0.2) is 0 Å². The number of piperidine rings is 1. The Morgan fingerprint density at radius 2 is 1.58 bits per heavy atom. The van der Waals surface area contributed by atoms with Gasteiger partial charge in [0.25, 0.3) is 0 Å². The lowest BCUT2D eigenvalue weighted by molar-refractivity contribution is -0.142. The molecular formula is C18H25NO4S. The first-order valence-electron chi connectivity index (χ1n) is 8.85. The standard InChI is InChI=1S/C18H25NO4S/c20-18(21)17-8-4-5-13-19(17)24(22,23)16-11-9-15(10-12-16)14-6-2-1-3-7-14/h9-12,14,17H,1-8,13H2,(H,20,21). The van der Waals surface area contributed by atoms with Crippen LogP contribution in [0.5, 0.6) is 0 Å². The van der Waals surface area contributed by atoms with Crippen molar-refractivity contribution in [3.05, 3.63) is 29.8 Å². The van der Waals surface area contributed by atoms with E-state index in [2.05, 4.69) is 0 Å². The largest absolute Gasteiger partial charge is 0.480 e. The lowest BCUT2D eigenvalue weighted by atomic mass is 9.84. The number of sulfonamides is 1. The van der Waals surface area contributed by atoms with E-state index in [1.54, 1.807) is 12.1 Å². The molecular weight excluding hydrogens is 326 g/mol. The number of hydrogen-bond donors (Lipinski definition) is 1. The third-order valence-electron chi connectivity index (χ3n) is 5.30. The Bertz CT molecular complexity index is 677. The lowest BCUT2D eigenvalue weighted by Gasteiger charge is -2.32. The quantitative estimate of drug-likeness (QED) is 0.902. The average molecular weight is 351 g/mol. The highest BCUT2D eigenvalue weighted by Crippen LogP contribution is 2.33. The first-order chi connectivity index (χ1) is 11.5. The number of rotatable bonds is 4. The number of carboxylic acids is 1. The summed E-state index contributed by atoms with van der Waals surface area (Å²) in [6, 6.07) is 6.16. The van der Waals surface area contributed by atoms with E-state index in [1.165, 1.54) is 37.7 Å². The van der Waals surface area contributed by atoms with Crippen molar-refractivity contribution in [1.82, 2.24) is 4.31 Å². The van der Waals surface area contributed by atoms with E-state index in [1.807, 2.05) is 12.1 Å². The van der Waals surface area contributed by atoms with Gasteiger partial charge in [0.2, 0.25) is 10.0 Å². The van der Waals surface area contributed by atoms with E-state index in [9.17, 15) is 18.3 Å². The number of carboxylic acid groups (broad SMARTS) is 1. The minimum atomic E-state index is -3.75. The number of hydrogen-bond acceptors (Lipinski definition) is 3. The van der Waals surface area contributed by atoms with Crippen LogP contribution in [-0.2, 0) is 14.8 Å². The number of carbonyl (C=O) groups is 1. The highest BCUT2D eigenvalue weighted by Gasteiger charge is 2.37.